The van der Waals surface area contributed by atoms with Crippen LogP contribution in [-0.4, -0.2) is 37.6 Å². The van der Waals surface area contributed by atoms with E-state index in [1.807, 2.05) is 12.1 Å². The van der Waals surface area contributed by atoms with Crippen LogP contribution in [0.15, 0.2) is 18.2 Å². The Balaban J connectivity index is 2.62. The average molecular weight is 274 g/mol. The summed E-state index contributed by atoms with van der Waals surface area (Å²) in [5, 5.41) is 8.91. The Morgan fingerprint density at radius 1 is 1.10 bits per heavy atom. The first-order chi connectivity index (χ1) is 9.65. The van der Waals surface area contributed by atoms with E-state index in [0.29, 0.717) is 11.3 Å². The first-order valence-corrected chi connectivity index (χ1v) is 7.43. The molecule has 20 heavy (non-hydrogen) atoms. The number of nitriles is 1. The van der Waals surface area contributed by atoms with E-state index in [9.17, 15) is 0 Å². The van der Waals surface area contributed by atoms with Crippen molar-refractivity contribution in [3.63, 3.8) is 0 Å². The van der Waals surface area contributed by atoms with Gasteiger partial charge in [-0.25, -0.2) is 0 Å². The first kappa shape index (κ1) is 16.3. The number of benzene rings is 1. The topological polar surface area (TPSA) is 56.3 Å². The smallest absolute Gasteiger partial charge is 0.101 e. The van der Waals surface area contributed by atoms with Gasteiger partial charge in [0.05, 0.1) is 11.3 Å². The SMILES string of the molecule is CCN(CC)CCCN(CC)c1ccc(C#N)c(N)c1. The molecule has 0 aromatic heterocycles. The Hall–Kier alpha value is -1.73. The molecule has 0 spiro atoms. The maximum Gasteiger partial charge on any atom is 0.101 e. The van der Waals surface area contributed by atoms with Gasteiger partial charge in [0.2, 0.25) is 0 Å². The highest BCUT2D eigenvalue weighted by Gasteiger charge is 2.07. The van der Waals surface area contributed by atoms with Crippen molar-refractivity contribution in [1.29, 1.82) is 5.26 Å². The van der Waals surface area contributed by atoms with Gasteiger partial charge in [-0.2, -0.15) is 5.26 Å². The van der Waals surface area contributed by atoms with Gasteiger partial charge < -0.3 is 15.5 Å². The summed E-state index contributed by atoms with van der Waals surface area (Å²) in [7, 11) is 0. The van der Waals surface area contributed by atoms with E-state index in [0.717, 1.165) is 44.8 Å². The van der Waals surface area contributed by atoms with Crippen molar-refractivity contribution in [1.82, 2.24) is 4.90 Å². The molecular weight excluding hydrogens is 248 g/mol. The van der Waals surface area contributed by atoms with Crippen molar-refractivity contribution in [2.24, 2.45) is 0 Å². The molecule has 0 aliphatic carbocycles. The molecule has 4 nitrogen and oxygen atoms in total. The van der Waals surface area contributed by atoms with Crippen LogP contribution >= 0.6 is 0 Å². The second-order valence-electron chi connectivity index (χ2n) is 4.84. The van der Waals surface area contributed by atoms with Crippen LogP contribution in [0.2, 0.25) is 0 Å². The molecule has 0 radical (unpaired) electrons. The zero-order valence-corrected chi connectivity index (χ0v) is 12.9. The largest absolute Gasteiger partial charge is 0.398 e. The standard InChI is InChI=1S/C16H26N4/c1-4-19(5-2)10-7-11-20(6-3)15-9-8-14(13-17)16(18)12-15/h8-9,12H,4-7,10-11,18H2,1-3H3. The molecule has 1 aromatic carbocycles. The lowest BCUT2D eigenvalue weighted by atomic mass is 10.1. The number of nitrogens with zero attached hydrogens (tertiary/aromatic N) is 3. The normalized spacial score (nSPS) is 10.6. The van der Waals surface area contributed by atoms with Crippen molar-refractivity contribution in [3.05, 3.63) is 23.8 Å². The van der Waals surface area contributed by atoms with Crippen molar-refractivity contribution < 1.29 is 0 Å². The summed E-state index contributed by atoms with van der Waals surface area (Å²) in [5.74, 6) is 0. The van der Waals surface area contributed by atoms with Gasteiger partial charge in [-0.15, -0.1) is 0 Å². The molecule has 0 unspecified atom stereocenters. The molecule has 4 heteroatoms. The third-order valence-corrected chi connectivity index (χ3v) is 3.70. The zero-order chi connectivity index (χ0) is 15.0. The summed E-state index contributed by atoms with van der Waals surface area (Å²) < 4.78 is 0. The molecule has 0 atom stereocenters. The quantitative estimate of drug-likeness (QED) is 0.741. The Bertz CT molecular complexity index is 446. The van der Waals surface area contributed by atoms with Gasteiger partial charge in [0, 0.05) is 18.8 Å². The minimum absolute atomic E-state index is 0.549. The number of nitrogen functional groups attached to an aromatic ring is 1. The molecule has 2 N–H and O–H groups in total. The van der Waals surface area contributed by atoms with Gasteiger partial charge in [-0.1, -0.05) is 13.8 Å². The fourth-order valence-corrected chi connectivity index (χ4v) is 2.34. The predicted octanol–water partition coefficient (Wildman–Crippen LogP) is 2.70. The lowest BCUT2D eigenvalue weighted by Crippen LogP contribution is -2.30. The number of anilines is 2. The van der Waals surface area contributed by atoms with E-state index in [1.54, 1.807) is 6.07 Å². The number of rotatable bonds is 8. The van der Waals surface area contributed by atoms with Gasteiger partial charge in [0.1, 0.15) is 6.07 Å². The summed E-state index contributed by atoms with van der Waals surface area (Å²) in [5.41, 5.74) is 8.10. The third-order valence-electron chi connectivity index (χ3n) is 3.70. The van der Waals surface area contributed by atoms with E-state index < -0.39 is 0 Å². The molecule has 110 valence electrons. The Kier molecular flexibility index (Phi) is 6.89. The van der Waals surface area contributed by atoms with Crippen molar-refractivity contribution in [3.8, 4) is 6.07 Å². The lowest BCUT2D eigenvalue weighted by molar-refractivity contribution is 0.301. The summed E-state index contributed by atoms with van der Waals surface area (Å²) >= 11 is 0. The molecule has 0 saturated carbocycles. The molecule has 0 amide bonds. The highest BCUT2D eigenvalue weighted by atomic mass is 15.1. The predicted molar refractivity (Wildman–Crippen MR) is 85.9 cm³/mol. The van der Waals surface area contributed by atoms with Gasteiger partial charge in [-0.05, 0) is 51.2 Å². The molecule has 0 aliphatic rings. The second-order valence-corrected chi connectivity index (χ2v) is 4.84. The zero-order valence-electron chi connectivity index (χ0n) is 12.9. The maximum absolute atomic E-state index is 8.91. The number of hydrogen-bond acceptors (Lipinski definition) is 4. The summed E-state index contributed by atoms with van der Waals surface area (Å²) in [6.45, 7) is 11.8. The average Bonchev–Trinajstić information content (AvgIpc) is 2.47. The third kappa shape index (κ3) is 4.43. The minimum atomic E-state index is 0.549. The molecule has 0 fully saturated rings. The van der Waals surface area contributed by atoms with Gasteiger partial charge in [-0.3, -0.25) is 0 Å². The van der Waals surface area contributed by atoms with Crippen LogP contribution in [0.3, 0.4) is 0 Å². The van der Waals surface area contributed by atoms with Gasteiger partial charge in [0.15, 0.2) is 0 Å². The van der Waals surface area contributed by atoms with Gasteiger partial charge >= 0.3 is 0 Å². The molecule has 1 rings (SSSR count). The van der Waals surface area contributed by atoms with Crippen molar-refractivity contribution >= 4 is 11.4 Å². The molecule has 0 saturated heterocycles. The molecule has 1 aromatic rings. The monoisotopic (exact) mass is 274 g/mol. The van der Waals surface area contributed by atoms with Crippen LogP contribution in [0.1, 0.15) is 32.8 Å². The summed E-state index contributed by atoms with van der Waals surface area (Å²) in [6.07, 6.45) is 1.13. The van der Waals surface area contributed by atoms with E-state index in [2.05, 4.69) is 36.6 Å². The molecule has 0 bridgehead atoms. The van der Waals surface area contributed by atoms with Crippen LogP contribution in [0.25, 0.3) is 0 Å². The van der Waals surface area contributed by atoms with Crippen molar-refractivity contribution in [2.45, 2.75) is 27.2 Å². The maximum atomic E-state index is 8.91. The van der Waals surface area contributed by atoms with E-state index in [-0.39, 0.29) is 0 Å². The number of nitrogens with two attached hydrogens (primary N) is 1. The highest BCUT2D eigenvalue weighted by Crippen LogP contribution is 2.21. The van der Waals surface area contributed by atoms with Crippen LogP contribution in [-0.2, 0) is 0 Å². The fraction of sp³-hybridized carbons (Fsp3) is 0.562. The Morgan fingerprint density at radius 3 is 2.30 bits per heavy atom. The van der Waals surface area contributed by atoms with Crippen LogP contribution in [0.4, 0.5) is 11.4 Å². The highest BCUT2D eigenvalue weighted by molar-refractivity contribution is 5.63. The second kappa shape index (κ2) is 8.44. The van der Waals surface area contributed by atoms with E-state index in [4.69, 9.17) is 11.0 Å². The van der Waals surface area contributed by atoms with Crippen LogP contribution in [0.5, 0.6) is 0 Å². The lowest BCUT2D eigenvalue weighted by Gasteiger charge is -2.25. The molecule has 0 heterocycles. The first-order valence-electron chi connectivity index (χ1n) is 7.43. The summed E-state index contributed by atoms with van der Waals surface area (Å²) in [4.78, 5) is 4.74. The summed E-state index contributed by atoms with van der Waals surface area (Å²) in [6, 6.07) is 7.79. The Morgan fingerprint density at radius 2 is 1.80 bits per heavy atom. The van der Waals surface area contributed by atoms with Gasteiger partial charge in [0.25, 0.3) is 0 Å². The van der Waals surface area contributed by atoms with E-state index >= 15 is 0 Å². The Labute approximate surface area is 122 Å². The molecular formula is C16H26N4. The van der Waals surface area contributed by atoms with Crippen LogP contribution in [0, 0.1) is 11.3 Å². The van der Waals surface area contributed by atoms with E-state index in [1.165, 1.54) is 0 Å². The number of hydrogen-bond donors (Lipinski definition) is 1. The fourth-order valence-electron chi connectivity index (χ4n) is 2.34. The van der Waals surface area contributed by atoms with Crippen molar-refractivity contribution in [2.75, 3.05) is 43.4 Å². The molecule has 0 aliphatic heterocycles. The minimum Gasteiger partial charge on any atom is -0.398 e. The van der Waals surface area contributed by atoms with Crippen LogP contribution < -0.4 is 10.6 Å².